The zero-order chi connectivity index (χ0) is 16.4. The van der Waals surface area contributed by atoms with Gasteiger partial charge in [-0.15, -0.1) is 0 Å². The topological polar surface area (TPSA) is 71.7 Å². The van der Waals surface area contributed by atoms with Crippen LogP contribution in [-0.2, 0) is 4.74 Å². The molecule has 3 heterocycles. The number of anilines is 1. The van der Waals surface area contributed by atoms with Gasteiger partial charge in [-0.25, -0.2) is 4.98 Å². The van der Waals surface area contributed by atoms with Crippen LogP contribution in [0.3, 0.4) is 0 Å². The minimum atomic E-state index is -0.401. The van der Waals surface area contributed by atoms with Crippen LogP contribution >= 0.6 is 0 Å². The van der Waals surface area contributed by atoms with Gasteiger partial charge in [-0.05, 0) is 38.3 Å². The molecule has 0 spiro atoms. The van der Waals surface area contributed by atoms with Gasteiger partial charge in [0.2, 0.25) is 0 Å². The molecule has 0 atom stereocenters. The Morgan fingerprint density at radius 1 is 1.22 bits per heavy atom. The van der Waals surface area contributed by atoms with Crippen molar-refractivity contribution in [1.29, 1.82) is 0 Å². The Balaban J connectivity index is 1.72. The summed E-state index contributed by atoms with van der Waals surface area (Å²) in [6, 6.07) is 2.50. The molecule has 6 heteroatoms. The summed E-state index contributed by atoms with van der Waals surface area (Å²) >= 11 is 0. The summed E-state index contributed by atoms with van der Waals surface area (Å²) in [5.41, 5.74) is 8.05. The van der Waals surface area contributed by atoms with E-state index in [1.807, 2.05) is 19.9 Å². The van der Waals surface area contributed by atoms with Gasteiger partial charge in [-0.1, -0.05) is 0 Å². The number of aromatic nitrogens is 1. The molecule has 126 valence electrons. The van der Waals surface area contributed by atoms with Crippen molar-refractivity contribution in [2.24, 2.45) is 5.73 Å². The number of hydrogen-bond acceptors (Lipinski definition) is 5. The molecule has 2 fully saturated rings. The molecule has 0 aromatic carbocycles. The largest absolute Gasteiger partial charge is 0.381 e. The number of hydrogen-bond donors (Lipinski definition) is 1. The fourth-order valence-electron chi connectivity index (χ4n) is 3.46. The Hall–Kier alpha value is -1.66. The number of carbonyl (C=O) groups excluding carboxylic acids is 1. The molecule has 2 aliphatic rings. The molecular formula is C17H26N4O2. The van der Waals surface area contributed by atoms with Crippen LogP contribution in [-0.4, -0.2) is 61.2 Å². The molecule has 0 unspecified atom stereocenters. The van der Waals surface area contributed by atoms with E-state index in [1.165, 1.54) is 0 Å². The summed E-state index contributed by atoms with van der Waals surface area (Å²) in [5, 5.41) is 0. The molecule has 0 bridgehead atoms. The third-order valence-corrected chi connectivity index (χ3v) is 5.03. The van der Waals surface area contributed by atoms with Crippen molar-refractivity contribution in [1.82, 2.24) is 9.88 Å². The average Bonchev–Trinajstić information content (AvgIpc) is 2.58. The van der Waals surface area contributed by atoms with Gasteiger partial charge in [0, 0.05) is 51.1 Å². The minimum absolute atomic E-state index is 0.401. The number of primary amides is 1. The monoisotopic (exact) mass is 318 g/mol. The van der Waals surface area contributed by atoms with E-state index in [-0.39, 0.29) is 0 Å². The zero-order valence-corrected chi connectivity index (χ0v) is 14.0. The Kier molecular flexibility index (Phi) is 4.82. The second kappa shape index (κ2) is 6.84. The van der Waals surface area contributed by atoms with Crippen LogP contribution in [0.4, 0.5) is 5.82 Å². The summed E-state index contributed by atoms with van der Waals surface area (Å²) in [6.07, 6.45) is 2.24. The van der Waals surface area contributed by atoms with Crippen LogP contribution in [0.15, 0.2) is 6.07 Å². The first kappa shape index (κ1) is 16.2. The maximum atomic E-state index is 11.8. The van der Waals surface area contributed by atoms with Crippen LogP contribution in [0.1, 0.15) is 34.5 Å². The van der Waals surface area contributed by atoms with Crippen molar-refractivity contribution in [3.05, 3.63) is 22.9 Å². The van der Waals surface area contributed by atoms with E-state index in [1.54, 1.807) is 0 Å². The highest BCUT2D eigenvalue weighted by Crippen LogP contribution is 2.24. The first-order chi connectivity index (χ1) is 11.1. The van der Waals surface area contributed by atoms with E-state index in [0.29, 0.717) is 11.6 Å². The fraction of sp³-hybridized carbons (Fsp3) is 0.647. The maximum Gasteiger partial charge on any atom is 0.252 e. The van der Waals surface area contributed by atoms with Crippen LogP contribution in [0.2, 0.25) is 0 Å². The number of carbonyl (C=O) groups is 1. The van der Waals surface area contributed by atoms with Crippen molar-refractivity contribution in [3.8, 4) is 0 Å². The molecule has 1 amide bonds. The fourth-order valence-corrected chi connectivity index (χ4v) is 3.46. The minimum Gasteiger partial charge on any atom is -0.381 e. The lowest BCUT2D eigenvalue weighted by molar-refractivity contribution is 0.0320. The second-order valence-corrected chi connectivity index (χ2v) is 6.49. The summed E-state index contributed by atoms with van der Waals surface area (Å²) in [4.78, 5) is 21.2. The molecular weight excluding hydrogens is 292 g/mol. The molecule has 0 aliphatic carbocycles. The van der Waals surface area contributed by atoms with Gasteiger partial charge in [-0.3, -0.25) is 9.69 Å². The lowest BCUT2D eigenvalue weighted by atomic mass is 10.1. The highest BCUT2D eigenvalue weighted by atomic mass is 16.5. The second-order valence-electron chi connectivity index (χ2n) is 6.49. The van der Waals surface area contributed by atoms with Crippen molar-refractivity contribution < 1.29 is 9.53 Å². The number of nitrogens with two attached hydrogens (primary N) is 1. The van der Waals surface area contributed by atoms with Gasteiger partial charge in [-0.2, -0.15) is 0 Å². The highest BCUT2D eigenvalue weighted by Gasteiger charge is 2.27. The number of ether oxygens (including phenoxy) is 1. The van der Waals surface area contributed by atoms with E-state index < -0.39 is 5.91 Å². The molecule has 2 saturated heterocycles. The van der Waals surface area contributed by atoms with Gasteiger partial charge in [0.15, 0.2) is 0 Å². The molecule has 23 heavy (non-hydrogen) atoms. The predicted molar refractivity (Wildman–Crippen MR) is 89.9 cm³/mol. The summed E-state index contributed by atoms with van der Waals surface area (Å²) < 4.78 is 5.45. The van der Waals surface area contributed by atoms with Crippen molar-refractivity contribution >= 4 is 11.7 Å². The quantitative estimate of drug-likeness (QED) is 0.903. The first-order valence-corrected chi connectivity index (χ1v) is 8.41. The lowest BCUT2D eigenvalue weighted by Gasteiger charge is -2.41. The number of piperazine rings is 1. The van der Waals surface area contributed by atoms with Crippen LogP contribution in [0.25, 0.3) is 0 Å². The van der Waals surface area contributed by atoms with Crippen molar-refractivity contribution in [3.63, 3.8) is 0 Å². The molecule has 2 N–H and O–H groups in total. The summed E-state index contributed by atoms with van der Waals surface area (Å²) in [5.74, 6) is 0.342. The van der Waals surface area contributed by atoms with Crippen LogP contribution < -0.4 is 10.6 Å². The highest BCUT2D eigenvalue weighted by molar-refractivity contribution is 5.98. The molecule has 1 aromatic rings. The number of aryl methyl sites for hydroxylation is 2. The lowest BCUT2D eigenvalue weighted by Crippen LogP contribution is -2.52. The number of amides is 1. The molecule has 3 rings (SSSR count). The first-order valence-electron chi connectivity index (χ1n) is 8.41. The third kappa shape index (κ3) is 3.48. The van der Waals surface area contributed by atoms with Gasteiger partial charge < -0.3 is 15.4 Å². The van der Waals surface area contributed by atoms with E-state index >= 15 is 0 Å². The van der Waals surface area contributed by atoms with E-state index in [4.69, 9.17) is 10.5 Å². The van der Waals surface area contributed by atoms with Crippen LogP contribution in [0.5, 0.6) is 0 Å². The Labute approximate surface area is 137 Å². The number of nitrogens with zero attached hydrogens (tertiary/aromatic N) is 3. The Morgan fingerprint density at radius 3 is 2.48 bits per heavy atom. The van der Waals surface area contributed by atoms with Crippen LogP contribution in [0, 0.1) is 13.8 Å². The van der Waals surface area contributed by atoms with E-state index in [0.717, 1.165) is 69.3 Å². The maximum absolute atomic E-state index is 11.8. The number of pyridine rings is 1. The standard InChI is InChI=1S/C17H26N4O2/c1-12-11-15(16(18)22)17(19-13(12)2)21-7-5-20(6-8-21)14-3-9-23-10-4-14/h11,14H,3-10H2,1-2H3,(H2,18,22). The predicted octanol–water partition coefficient (Wildman–Crippen LogP) is 1.10. The molecule has 1 aromatic heterocycles. The molecule has 2 aliphatic heterocycles. The zero-order valence-electron chi connectivity index (χ0n) is 14.0. The molecule has 0 radical (unpaired) electrons. The molecule has 6 nitrogen and oxygen atoms in total. The van der Waals surface area contributed by atoms with E-state index in [2.05, 4.69) is 14.8 Å². The van der Waals surface area contributed by atoms with Gasteiger partial charge in [0.25, 0.3) is 5.91 Å². The van der Waals surface area contributed by atoms with Gasteiger partial charge in [0.1, 0.15) is 5.82 Å². The Morgan fingerprint density at radius 2 is 1.87 bits per heavy atom. The van der Waals surface area contributed by atoms with E-state index in [9.17, 15) is 4.79 Å². The van der Waals surface area contributed by atoms with Crippen molar-refractivity contribution in [2.45, 2.75) is 32.7 Å². The SMILES string of the molecule is Cc1cc(C(N)=O)c(N2CCN(C3CCOCC3)CC2)nc1C. The third-order valence-electron chi connectivity index (χ3n) is 5.03. The average molecular weight is 318 g/mol. The number of rotatable bonds is 3. The Bertz CT molecular complexity index is 576. The normalized spacial score (nSPS) is 20.7. The van der Waals surface area contributed by atoms with Gasteiger partial charge in [0.05, 0.1) is 5.56 Å². The smallest absolute Gasteiger partial charge is 0.252 e. The summed E-state index contributed by atoms with van der Waals surface area (Å²) in [6.45, 7) is 9.43. The molecule has 0 saturated carbocycles. The van der Waals surface area contributed by atoms with Gasteiger partial charge >= 0.3 is 0 Å². The summed E-state index contributed by atoms with van der Waals surface area (Å²) in [7, 11) is 0. The van der Waals surface area contributed by atoms with Crippen molar-refractivity contribution in [2.75, 3.05) is 44.3 Å².